The zero-order valence-corrected chi connectivity index (χ0v) is 33.9. The summed E-state index contributed by atoms with van der Waals surface area (Å²) in [6, 6.07) is 10.6. The zero-order valence-electron chi connectivity index (χ0n) is 33.9. The molecule has 5 amide bonds. The molecule has 3 aliphatic carbocycles. The molecule has 0 spiro atoms. The van der Waals surface area contributed by atoms with Gasteiger partial charge in [0.25, 0.3) is 0 Å². The second-order valence-corrected chi connectivity index (χ2v) is 17.8. The van der Waals surface area contributed by atoms with E-state index in [2.05, 4.69) is 26.1 Å². The number of carbonyl (C=O) groups excluding carboxylic acids is 5. The number of hydrogen-bond donors (Lipinski definition) is 1. The number of esters is 1. The number of carbonyl (C=O) groups is 5. The second kappa shape index (κ2) is 14.8. The Labute approximate surface area is 329 Å². The number of rotatable bonds is 10. The average molecular weight is 771 g/mol. The molecule has 0 aromatic heterocycles. The SMILES string of the molecule is CCN1CCN(C(=O)NC(C(=O)N2CC(Oc3ccc(CCB4O[C@@H]5C[C@@H]6C[C@@H](C6(C)C)[C@]5(C)O4)c(C)c3C(=O)OC(C)(C)C)C2)c2ccccc2)C(=O)C1=O. The molecule has 3 heterocycles. The van der Waals surface area contributed by atoms with Crippen LogP contribution in [0.1, 0.15) is 94.4 Å². The van der Waals surface area contributed by atoms with E-state index >= 15 is 0 Å². The Balaban J connectivity index is 1.02. The van der Waals surface area contributed by atoms with Gasteiger partial charge in [0.1, 0.15) is 29.1 Å². The van der Waals surface area contributed by atoms with E-state index in [1.54, 1.807) is 48.2 Å². The molecule has 6 aliphatic rings. The summed E-state index contributed by atoms with van der Waals surface area (Å²) in [5, 5.41) is 2.70. The van der Waals surface area contributed by atoms with Gasteiger partial charge in [-0.3, -0.25) is 19.3 Å². The van der Waals surface area contributed by atoms with Crippen LogP contribution in [-0.2, 0) is 34.9 Å². The monoisotopic (exact) mass is 770 g/mol. The van der Waals surface area contributed by atoms with Crippen LogP contribution in [0.2, 0.25) is 6.32 Å². The molecule has 3 saturated heterocycles. The molecule has 1 N–H and O–H groups in total. The fourth-order valence-corrected chi connectivity index (χ4v) is 9.39. The van der Waals surface area contributed by atoms with Crippen LogP contribution in [-0.4, -0.2) is 108 Å². The Morgan fingerprint density at radius 2 is 1.71 bits per heavy atom. The molecule has 1 unspecified atom stereocenters. The lowest BCUT2D eigenvalue weighted by Gasteiger charge is -2.64. The van der Waals surface area contributed by atoms with E-state index in [0.29, 0.717) is 48.0 Å². The van der Waals surface area contributed by atoms with E-state index in [9.17, 15) is 24.0 Å². The van der Waals surface area contributed by atoms with E-state index in [4.69, 9.17) is 18.8 Å². The number of likely N-dealkylation sites (tertiary alicyclic amines) is 1. The maximum Gasteiger partial charge on any atom is 0.457 e. The summed E-state index contributed by atoms with van der Waals surface area (Å²) in [5.41, 5.74) is 1.84. The third-order valence-electron chi connectivity index (χ3n) is 12.8. The number of amides is 5. The quantitative estimate of drug-likeness (QED) is 0.202. The number of urea groups is 1. The number of ether oxygens (including phenoxy) is 2. The lowest BCUT2D eigenvalue weighted by atomic mass is 9.43. The first-order valence-electron chi connectivity index (χ1n) is 20.0. The Morgan fingerprint density at radius 3 is 2.38 bits per heavy atom. The molecule has 5 atom stereocenters. The van der Waals surface area contributed by atoms with E-state index in [1.165, 1.54) is 11.3 Å². The van der Waals surface area contributed by atoms with Crippen molar-refractivity contribution in [3.05, 3.63) is 64.7 Å². The molecule has 2 aromatic rings. The minimum absolute atomic E-state index is 0.0269. The van der Waals surface area contributed by atoms with Crippen LogP contribution in [0.15, 0.2) is 42.5 Å². The minimum Gasteiger partial charge on any atom is -0.486 e. The number of piperazine rings is 1. The number of hydrogen-bond acceptors (Lipinski definition) is 9. The number of nitrogens with one attached hydrogen (secondary N) is 1. The summed E-state index contributed by atoms with van der Waals surface area (Å²) >= 11 is 0. The lowest BCUT2D eigenvalue weighted by Crippen LogP contribution is -2.65. The first-order chi connectivity index (χ1) is 26.4. The molecule has 0 radical (unpaired) electrons. The summed E-state index contributed by atoms with van der Waals surface area (Å²) in [7, 11) is -0.322. The predicted octanol–water partition coefficient (Wildman–Crippen LogP) is 4.95. The number of likely N-dealkylation sites (N-methyl/N-ethyl adjacent to an activating group) is 1. The van der Waals surface area contributed by atoms with Gasteiger partial charge in [-0.2, -0.15) is 0 Å². The van der Waals surface area contributed by atoms with Crippen molar-refractivity contribution < 1.29 is 42.8 Å². The van der Waals surface area contributed by atoms with E-state index in [0.717, 1.165) is 22.4 Å². The first kappa shape index (κ1) is 39.8. The highest BCUT2D eigenvalue weighted by Gasteiger charge is 2.67. The van der Waals surface area contributed by atoms with Crippen LogP contribution in [0.25, 0.3) is 0 Å². The summed E-state index contributed by atoms with van der Waals surface area (Å²) in [4.78, 5) is 70.0. The molecule has 13 nitrogen and oxygen atoms in total. The highest BCUT2D eigenvalue weighted by molar-refractivity contribution is 6.45. The molecule has 3 saturated carbocycles. The van der Waals surface area contributed by atoms with Crippen LogP contribution >= 0.6 is 0 Å². The molecule has 2 aromatic carbocycles. The molecule has 2 bridgehead atoms. The van der Waals surface area contributed by atoms with Gasteiger partial charge in [-0.15, -0.1) is 0 Å². The van der Waals surface area contributed by atoms with Crippen LogP contribution in [0.5, 0.6) is 5.75 Å². The van der Waals surface area contributed by atoms with Gasteiger partial charge in [0.05, 0.1) is 24.8 Å². The van der Waals surface area contributed by atoms with Gasteiger partial charge in [0.2, 0.25) is 5.91 Å². The lowest BCUT2D eigenvalue weighted by molar-refractivity contribution is -0.199. The zero-order chi connectivity index (χ0) is 40.3. The largest absolute Gasteiger partial charge is 0.486 e. The van der Waals surface area contributed by atoms with Gasteiger partial charge in [0.15, 0.2) is 0 Å². The molecule has 300 valence electrons. The van der Waals surface area contributed by atoms with Crippen molar-refractivity contribution in [3.63, 3.8) is 0 Å². The van der Waals surface area contributed by atoms with Gasteiger partial charge in [-0.1, -0.05) is 50.2 Å². The minimum atomic E-state index is -1.10. The fraction of sp³-hybridized carbons (Fsp3) is 0.595. The molecule has 3 aliphatic heterocycles. The highest BCUT2D eigenvalue weighted by Crippen LogP contribution is 2.65. The van der Waals surface area contributed by atoms with Crippen molar-refractivity contribution in [1.82, 2.24) is 20.0 Å². The Morgan fingerprint density at radius 1 is 1.00 bits per heavy atom. The van der Waals surface area contributed by atoms with Crippen molar-refractivity contribution in [3.8, 4) is 5.75 Å². The molecule has 14 heteroatoms. The summed E-state index contributed by atoms with van der Waals surface area (Å²) in [5.74, 6) is -1.05. The highest BCUT2D eigenvalue weighted by atomic mass is 16.7. The topological polar surface area (TPSA) is 144 Å². The van der Waals surface area contributed by atoms with Crippen molar-refractivity contribution >= 4 is 36.8 Å². The van der Waals surface area contributed by atoms with Crippen LogP contribution < -0.4 is 10.1 Å². The molecular weight excluding hydrogens is 715 g/mol. The maximum absolute atomic E-state index is 13.9. The number of imide groups is 1. The van der Waals surface area contributed by atoms with E-state index in [-0.39, 0.29) is 56.3 Å². The number of aryl methyl sites for hydroxylation is 1. The Kier molecular flexibility index (Phi) is 10.5. The molecule has 56 heavy (non-hydrogen) atoms. The Bertz CT molecular complexity index is 1890. The summed E-state index contributed by atoms with van der Waals surface area (Å²) in [6.45, 7) is 17.0. The van der Waals surface area contributed by atoms with Crippen LogP contribution in [0.3, 0.4) is 0 Å². The van der Waals surface area contributed by atoms with Gasteiger partial charge >= 0.3 is 30.9 Å². The third-order valence-corrected chi connectivity index (χ3v) is 12.8. The number of nitrogens with zero attached hydrogens (tertiary/aromatic N) is 3. The summed E-state index contributed by atoms with van der Waals surface area (Å²) < 4.78 is 25.4. The smallest absolute Gasteiger partial charge is 0.457 e. The first-order valence-corrected chi connectivity index (χ1v) is 20.0. The van der Waals surface area contributed by atoms with E-state index < -0.39 is 41.6 Å². The standard InChI is InChI=1S/C42H55BN4O9/c1-9-45-19-20-47(37(50)36(45)49)39(52)44-34(27-13-11-10-12-14-27)35(48)46-23-29(24-46)53-30-16-15-26(25(2)33(30)38(51)54-40(3,4)5)17-18-43-55-32-22-28-21-31(41(28,6)7)42(32,8)56-43/h10-16,28-29,31-32,34H,9,17-24H2,1-8H3,(H,44,52)/t28-,31-,32+,34?,42-/m0/s1. The van der Waals surface area contributed by atoms with Gasteiger partial charge in [0, 0.05) is 19.6 Å². The van der Waals surface area contributed by atoms with Crippen molar-refractivity contribution in [2.75, 3.05) is 32.7 Å². The normalized spacial score (nSPS) is 26.2. The third kappa shape index (κ3) is 7.30. The second-order valence-electron chi connectivity index (χ2n) is 17.8. The maximum atomic E-state index is 13.9. The van der Waals surface area contributed by atoms with Crippen LogP contribution in [0, 0.1) is 24.2 Å². The van der Waals surface area contributed by atoms with Gasteiger partial charge in [-0.05, 0) is 107 Å². The molecule has 8 rings (SSSR count). The van der Waals surface area contributed by atoms with Gasteiger partial charge < -0.3 is 33.9 Å². The van der Waals surface area contributed by atoms with Crippen molar-refractivity contribution in [2.24, 2.45) is 17.3 Å². The Hall–Kier alpha value is -4.43. The van der Waals surface area contributed by atoms with Crippen molar-refractivity contribution in [1.29, 1.82) is 0 Å². The van der Waals surface area contributed by atoms with Crippen LogP contribution in [0.4, 0.5) is 4.79 Å². The predicted molar refractivity (Wildman–Crippen MR) is 208 cm³/mol. The number of benzene rings is 2. The average Bonchev–Trinajstić information content (AvgIpc) is 3.48. The van der Waals surface area contributed by atoms with E-state index in [1.807, 2.05) is 33.8 Å². The van der Waals surface area contributed by atoms with Gasteiger partial charge in [-0.25, -0.2) is 9.59 Å². The summed E-state index contributed by atoms with van der Waals surface area (Å²) in [6.07, 6.45) is 3.17. The molecular formula is C42H55BN4O9. The molecule has 6 fully saturated rings. The fourth-order valence-electron chi connectivity index (χ4n) is 9.39. The van der Waals surface area contributed by atoms with Crippen molar-refractivity contribution in [2.45, 2.75) is 110 Å².